The highest BCUT2D eigenvalue weighted by Gasteiger charge is 2.36. The van der Waals surface area contributed by atoms with Crippen LogP contribution >= 0.6 is 0 Å². The van der Waals surface area contributed by atoms with E-state index in [0.29, 0.717) is 6.54 Å². The van der Waals surface area contributed by atoms with Crippen LogP contribution in [0.3, 0.4) is 0 Å². The molecule has 2 heterocycles. The van der Waals surface area contributed by atoms with E-state index in [0.717, 1.165) is 45.6 Å². The molecule has 0 bridgehead atoms. The molecule has 5 nitrogen and oxygen atoms in total. The van der Waals surface area contributed by atoms with E-state index in [1.807, 2.05) is 6.92 Å². The monoisotopic (exact) mass is 255 g/mol. The van der Waals surface area contributed by atoms with Crippen LogP contribution in [0.1, 0.15) is 26.7 Å². The van der Waals surface area contributed by atoms with Gasteiger partial charge < -0.3 is 15.4 Å². The molecule has 0 saturated carbocycles. The maximum Gasteiger partial charge on any atom is 0.240 e. The van der Waals surface area contributed by atoms with Crippen LogP contribution in [0.5, 0.6) is 0 Å². The van der Waals surface area contributed by atoms with Crippen molar-refractivity contribution in [1.82, 2.24) is 15.5 Å². The van der Waals surface area contributed by atoms with Crippen LogP contribution in [0, 0.1) is 0 Å². The number of rotatable bonds is 4. The van der Waals surface area contributed by atoms with E-state index < -0.39 is 0 Å². The zero-order valence-corrected chi connectivity index (χ0v) is 11.5. The Morgan fingerprint density at radius 2 is 2.44 bits per heavy atom. The zero-order valence-electron chi connectivity index (χ0n) is 11.5. The number of ether oxygens (including phenoxy) is 1. The third-order valence-corrected chi connectivity index (χ3v) is 4.03. The summed E-state index contributed by atoms with van der Waals surface area (Å²) < 4.78 is 5.68. The first-order chi connectivity index (χ1) is 8.64. The summed E-state index contributed by atoms with van der Waals surface area (Å²) in [7, 11) is 0. The fourth-order valence-electron chi connectivity index (χ4n) is 2.68. The van der Waals surface area contributed by atoms with Crippen molar-refractivity contribution >= 4 is 5.91 Å². The quantitative estimate of drug-likeness (QED) is 0.740. The molecule has 2 fully saturated rings. The van der Waals surface area contributed by atoms with Gasteiger partial charge in [-0.3, -0.25) is 9.69 Å². The lowest BCUT2D eigenvalue weighted by Crippen LogP contribution is -2.54. The number of amides is 1. The lowest BCUT2D eigenvalue weighted by atomic mass is 9.99. The van der Waals surface area contributed by atoms with E-state index in [1.54, 1.807) is 0 Å². The third-order valence-electron chi connectivity index (χ3n) is 4.03. The molecular weight excluding hydrogens is 230 g/mol. The Morgan fingerprint density at radius 3 is 3.11 bits per heavy atom. The van der Waals surface area contributed by atoms with Gasteiger partial charge in [-0.1, -0.05) is 6.92 Å². The van der Waals surface area contributed by atoms with Crippen LogP contribution < -0.4 is 10.6 Å². The minimum absolute atomic E-state index is 0.109. The Hall–Kier alpha value is -0.650. The molecule has 2 aliphatic heterocycles. The third kappa shape index (κ3) is 3.22. The first-order valence-corrected chi connectivity index (χ1v) is 7.01. The van der Waals surface area contributed by atoms with Crippen molar-refractivity contribution in [1.29, 1.82) is 0 Å². The van der Waals surface area contributed by atoms with Crippen LogP contribution in [-0.2, 0) is 9.53 Å². The minimum atomic E-state index is -0.376. The van der Waals surface area contributed by atoms with Gasteiger partial charge in [-0.25, -0.2) is 0 Å². The van der Waals surface area contributed by atoms with Gasteiger partial charge in [-0.2, -0.15) is 0 Å². The van der Waals surface area contributed by atoms with Crippen molar-refractivity contribution in [3.63, 3.8) is 0 Å². The van der Waals surface area contributed by atoms with Gasteiger partial charge in [0.25, 0.3) is 0 Å². The maximum absolute atomic E-state index is 12.1. The van der Waals surface area contributed by atoms with Crippen LogP contribution in [0.25, 0.3) is 0 Å². The van der Waals surface area contributed by atoms with Crippen LogP contribution in [0.15, 0.2) is 0 Å². The predicted octanol–water partition coefficient (Wildman–Crippen LogP) is -0.0346. The molecular formula is C13H25N3O2. The molecule has 2 unspecified atom stereocenters. The van der Waals surface area contributed by atoms with Gasteiger partial charge in [0.2, 0.25) is 5.91 Å². The molecule has 0 spiro atoms. The fraction of sp³-hybridized carbons (Fsp3) is 0.923. The van der Waals surface area contributed by atoms with Gasteiger partial charge in [0.05, 0.1) is 18.2 Å². The lowest BCUT2D eigenvalue weighted by molar-refractivity contribution is -0.127. The number of likely N-dealkylation sites (N-methyl/N-ethyl adjacent to an activating group) is 1. The molecule has 104 valence electrons. The number of nitrogens with zero attached hydrogens (tertiary/aromatic N) is 1. The molecule has 2 aliphatic rings. The predicted molar refractivity (Wildman–Crippen MR) is 70.5 cm³/mol. The normalized spacial score (nSPS) is 33.6. The highest BCUT2D eigenvalue weighted by Crippen LogP contribution is 2.18. The van der Waals surface area contributed by atoms with E-state index in [1.165, 1.54) is 0 Å². The Bertz CT molecular complexity index is 290. The first-order valence-electron chi connectivity index (χ1n) is 7.01. The van der Waals surface area contributed by atoms with Crippen molar-refractivity contribution in [3.8, 4) is 0 Å². The summed E-state index contributed by atoms with van der Waals surface area (Å²) in [4.78, 5) is 14.5. The van der Waals surface area contributed by atoms with Crippen molar-refractivity contribution < 1.29 is 9.53 Å². The van der Waals surface area contributed by atoms with E-state index in [9.17, 15) is 4.79 Å². The van der Waals surface area contributed by atoms with Gasteiger partial charge >= 0.3 is 0 Å². The van der Waals surface area contributed by atoms with Crippen molar-refractivity contribution in [3.05, 3.63) is 0 Å². The van der Waals surface area contributed by atoms with Gasteiger partial charge in [0.1, 0.15) is 0 Å². The van der Waals surface area contributed by atoms with E-state index in [-0.39, 0.29) is 17.6 Å². The first kappa shape index (κ1) is 13.8. The molecule has 1 amide bonds. The van der Waals surface area contributed by atoms with Crippen LogP contribution in [-0.4, -0.2) is 61.8 Å². The Labute approximate surface area is 109 Å². The molecule has 0 aromatic heterocycles. The molecule has 2 rings (SSSR count). The molecule has 0 aromatic carbocycles. The minimum Gasteiger partial charge on any atom is -0.374 e. The second kappa shape index (κ2) is 5.99. The van der Waals surface area contributed by atoms with Crippen molar-refractivity contribution in [2.24, 2.45) is 0 Å². The smallest absolute Gasteiger partial charge is 0.240 e. The second-order valence-electron chi connectivity index (χ2n) is 5.46. The topological polar surface area (TPSA) is 53.6 Å². The maximum atomic E-state index is 12.1. The standard InChI is InChI=1S/C13H25N3O2/c1-3-16-7-8-18-11(10-16)9-14-12(17)13(2)5-4-6-15-13/h11,15H,3-10H2,1-2H3,(H,14,17). The van der Waals surface area contributed by atoms with Gasteiger partial charge in [0, 0.05) is 19.6 Å². The Morgan fingerprint density at radius 1 is 1.61 bits per heavy atom. The van der Waals surface area contributed by atoms with Crippen LogP contribution in [0.4, 0.5) is 0 Å². The average Bonchev–Trinajstić information content (AvgIpc) is 2.84. The summed E-state index contributed by atoms with van der Waals surface area (Å²) in [6, 6.07) is 0. The SMILES string of the molecule is CCN1CCOC(CNC(=O)C2(C)CCCN2)C1. The van der Waals surface area contributed by atoms with Gasteiger partial charge in [-0.05, 0) is 32.9 Å². The highest BCUT2D eigenvalue weighted by molar-refractivity contribution is 5.86. The summed E-state index contributed by atoms with van der Waals surface area (Å²) in [5.41, 5.74) is -0.376. The summed E-state index contributed by atoms with van der Waals surface area (Å²) in [6.45, 7) is 9.43. The van der Waals surface area contributed by atoms with Crippen LogP contribution in [0.2, 0.25) is 0 Å². The number of morpholine rings is 1. The second-order valence-corrected chi connectivity index (χ2v) is 5.46. The molecule has 0 aromatic rings. The highest BCUT2D eigenvalue weighted by atomic mass is 16.5. The van der Waals surface area contributed by atoms with Gasteiger partial charge in [0.15, 0.2) is 0 Å². The summed E-state index contributed by atoms with van der Waals surface area (Å²) >= 11 is 0. The molecule has 2 N–H and O–H groups in total. The molecule has 0 radical (unpaired) electrons. The molecule has 18 heavy (non-hydrogen) atoms. The number of hydrogen-bond donors (Lipinski definition) is 2. The Balaban J connectivity index is 1.75. The largest absolute Gasteiger partial charge is 0.374 e. The summed E-state index contributed by atoms with van der Waals surface area (Å²) in [5.74, 6) is 0.109. The molecule has 2 atom stereocenters. The fourth-order valence-corrected chi connectivity index (χ4v) is 2.68. The summed E-state index contributed by atoms with van der Waals surface area (Å²) in [5, 5.41) is 6.30. The van der Waals surface area contributed by atoms with E-state index in [4.69, 9.17) is 4.74 Å². The van der Waals surface area contributed by atoms with E-state index in [2.05, 4.69) is 22.5 Å². The lowest BCUT2D eigenvalue weighted by Gasteiger charge is -2.33. The Kier molecular flexibility index (Phi) is 4.59. The van der Waals surface area contributed by atoms with E-state index >= 15 is 0 Å². The number of hydrogen-bond acceptors (Lipinski definition) is 4. The van der Waals surface area contributed by atoms with Gasteiger partial charge in [-0.15, -0.1) is 0 Å². The molecule has 2 saturated heterocycles. The zero-order chi connectivity index (χ0) is 13.0. The summed E-state index contributed by atoms with van der Waals surface area (Å²) in [6.07, 6.45) is 2.13. The number of nitrogens with one attached hydrogen (secondary N) is 2. The average molecular weight is 255 g/mol. The van der Waals surface area contributed by atoms with Crippen molar-refractivity contribution in [2.75, 3.05) is 39.3 Å². The molecule has 0 aliphatic carbocycles. The number of carbonyl (C=O) groups excluding carboxylic acids is 1. The number of carbonyl (C=O) groups is 1. The molecule has 5 heteroatoms. The van der Waals surface area contributed by atoms with Crippen molar-refractivity contribution in [2.45, 2.75) is 38.3 Å².